The number of urea groups is 1. The SMILES string of the molecule is COc1ccc(CNC(=O)CC2CN(C(=O)Nc3ccc(OC)cc3)CCN2c2cc(C)nc(-n3ccnc3)n2)cc1. The molecule has 4 aromatic rings. The normalized spacial score (nSPS) is 14.8. The molecule has 1 unspecified atom stereocenters. The Hall–Kier alpha value is -5.13. The van der Waals surface area contributed by atoms with Gasteiger partial charge >= 0.3 is 6.03 Å². The number of ether oxygens (including phenoxy) is 2. The van der Waals surface area contributed by atoms with Crippen LogP contribution in [0.25, 0.3) is 5.95 Å². The number of anilines is 2. The predicted octanol–water partition coefficient (Wildman–Crippen LogP) is 3.42. The molecule has 0 bridgehead atoms. The molecule has 1 atom stereocenters. The molecule has 3 heterocycles. The van der Waals surface area contributed by atoms with Gasteiger partial charge in [-0.1, -0.05) is 12.1 Å². The first kappa shape index (κ1) is 28.4. The number of imidazole rings is 1. The van der Waals surface area contributed by atoms with E-state index in [0.717, 1.165) is 17.0 Å². The Kier molecular flexibility index (Phi) is 8.81. The number of amides is 3. The van der Waals surface area contributed by atoms with Gasteiger partial charge in [0.1, 0.15) is 23.6 Å². The van der Waals surface area contributed by atoms with Crippen LogP contribution in [0.15, 0.2) is 73.3 Å². The summed E-state index contributed by atoms with van der Waals surface area (Å²) in [4.78, 5) is 43.7. The summed E-state index contributed by atoms with van der Waals surface area (Å²) in [6, 6.07) is 16.1. The first-order valence-corrected chi connectivity index (χ1v) is 13.6. The number of benzene rings is 2. The first-order valence-electron chi connectivity index (χ1n) is 13.6. The molecule has 1 aliphatic heterocycles. The minimum absolute atomic E-state index is 0.126. The Balaban J connectivity index is 1.32. The molecule has 2 N–H and O–H groups in total. The van der Waals surface area contributed by atoms with Gasteiger partial charge in [-0.3, -0.25) is 9.36 Å². The molecule has 0 saturated carbocycles. The van der Waals surface area contributed by atoms with Crippen molar-refractivity contribution in [1.82, 2.24) is 29.7 Å². The highest BCUT2D eigenvalue weighted by Crippen LogP contribution is 2.24. The first-order chi connectivity index (χ1) is 20.4. The van der Waals surface area contributed by atoms with Gasteiger partial charge in [0.05, 0.1) is 20.3 Å². The van der Waals surface area contributed by atoms with E-state index in [9.17, 15) is 9.59 Å². The third kappa shape index (κ3) is 6.95. The van der Waals surface area contributed by atoms with Gasteiger partial charge in [-0.15, -0.1) is 0 Å². The molecule has 3 amide bonds. The average molecular weight is 571 g/mol. The zero-order chi connectivity index (χ0) is 29.5. The van der Waals surface area contributed by atoms with E-state index >= 15 is 0 Å². The maximum atomic E-state index is 13.2. The molecule has 0 radical (unpaired) electrons. The van der Waals surface area contributed by atoms with E-state index in [1.807, 2.05) is 37.3 Å². The lowest BCUT2D eigenvalue weighted by atomic mass is 10.1. The smallest absolute Gasteiger partial charge is 0.321 e. The Morgan fingerprint density at radius 3 is 2.36 bits per heavy atom. The van der Waals surface area contributed by atoms with E-state index in [-0.39, 0.29) is 24.4 Å². The number of carbonyl (C=O) groups excluding carboxylic acids is 2. The van der Waals surface area contributed by atoms with Gasteiger partial charge in [-0.25, -0.2) is 14.8 Å². The van der Waals surface area contributed by atoms with E-state index in [1.54, 1.807) is 66.7 Å². The maximum Gasteiger partial charge on any atom is 0.321 e. The summed E-state index contributed by atoms with van der Waals surface area (Å²) in [6.07, 6.45) is 5.27. The molecular formula is C30H34N8O4. The fraction of sp³-hybridized carbons (Fsp3) is 0.300. The Labute approximate surface area is 244 Å². The number of rotatable bonds is 9. The number of piperazine rings is 1. The zero-order valence-electron chi connectivity index (χ0n) is 23.9. The van der Waals surface area contributed by atoms with Crippen LogP contribution in [0.2, 0.25) is 0 Å². The number of aromatic nitrogens is 4. The highest BCUT2D eigenvalue weighted by molar-refractivity contribution is 5.89. The van der Waals surface area contributed by atoms with E-state index in [4.69, 9.17) is 14.5 Å². The molecular weight excluding hydrogens is 536 g/mol. The van der Waals surface area contributed by atoms with Crippen molar-refractivity contribution in [1.29, 1.82) is 0 Å². The second-order valence-corrected chi connectivity index (χ2v) is 9.92. The summed E-state index contributed by atoms with van der Waals surface area (Å²) in [5.41, 5.74) is 2.40. The monoisotopic (exact) mass is 570 g/mol. The van der Waals surface area contributed by atoms with Crippen LogP contribution in [0.1, 0.15) is 17.7 Å². The van der Waals surface area contributed by atoms with Gasteiger partial charge in [0.2, 0.25) is 11.9 Å². The molecule has 1 saturated heterocycles. The van der Waals surface area contributed by atoms with Gasteiger partial charge in [0, 0.05) is 62.4 Å². The van der Waals surface area contributed by atoms with Crippen molar-refractivity contribution < 1.29 is 19.1 Å². The van der Waals surface area contributed by atoms with Crippen molar-refractivity contribution in [3.8, 4) is 17.4 Å². The Morgan fingerprint density at radius 1 is 0.976 bits per heavy atom. The van der Waals surface area contributed by atoms with Crippen molar-refractivity contribution in [2.75, 3.05) is 44.1 Å². The highest BCUT2D eigenvalue weighted by Gasteiger charge is 2.32. The number of aryl methyl sites for hydroxylation is 1. The van der Waals surface area contributed by atoms with Gasteiger partial charge in [0.25, 0.3) is 0 Å². The lowest BCUT2D eigenvalue weighted by molar-refractivity contribution is -0.121. The molecule has 218 valence electrons. The van der Waals surface area contributed by atoms with Gasteiger partial charge in [-0.05, 0) is 48.9 Å². The molecule has 12 nitrogen and oxygen atoms in total. The van der Waals surface area contributed by atoms with Crippen molar-refractivity contribution in [2.24, 2.45) is 0 Å². The summed E-state index contributed by atoms with van der Waals surface area (Å²) in [7, 11) is 3.21. The lowest BCUT2D eigenvalue weighted by Crippen LogP contribution is -2.57. The standard InChI is InChI=1S/C30H34N8O4/c1-21-16-27(35-29(33-21)37-13-12-31-20-37)38-15-14-36(30(40)34-23-6-10-26(42-3)11-7-23)19-24(38)17-28(39)32-18-22-4-8-25(41-2)9-5-22/h4-13,16,20,24H,14-15,17-19H2,1-3H3,(H,32,39)(H,34,40). The van der Waals surface area contributed by atoms with Crippen LogP contribution in [-0.4, -0.2) is 76.3 Å². The average Bonchev–Trinajstić information content (AvgIpc) is 3.56. The van der Waals surface area contributed by atoms with Crippen molar-refractivity contribution in [3.05, 3.63) is 84.6 Å². The van der Waals surface area contributed by atoms with Crippen LogP contribution in [-0.2, 0) is 11.3 Å². The number of nitrogens with one attached hydrogen (secondary N) is 2. The second-order valence-electron chi connectivity index (χ2n) is 9.92. The maximum absolute atomic E-state index is 13.2. The fourth-order valence-corrected chi connectivity index (χ4v) is 4.80. The summed E-state index contributed by atoms with van der Waals surface area (Å²) in [5.74, 6) is 2.52. The molecule has 1 fully saturated rings. The van der Waals surface area contributed by atoms with E-state index in [2.05, 4.69) is 25.5 Å². The number of nitrogens with zero attached hydrogens (tertiary/aromatic N) is 6. The Morgan fingerprint density at radius 2 is 1.69 bits per heavy atom. The Bertz CT molecular complexity index is 1490. The van der Waals surface area contributed by atoms with E-state index in [1.165, 1.54) is 0 Å². The molecule has 12 heteroatoms. The third-order valence-electron chi connectivity index (χ3n) is 7.04. The molecule has 1 aliphatic rings. The van der Waals surface area contributed by atoms with Crippen LogP contribution < -0.4 is 25.0 Å². The van der Waals surface area contributed by atoms with Gasteiger partial charge < -0.3 is 29.9 Å². The molecule has 0 aliphatic carbocycles. The number of hydrogen-bond donors (Lipinski definition) is 2. The summed E-state index contributed by atoms with van der Waals surface area (Å²) in [6.45, 7) is 3.57. The summed E-state index contributed by atoms with van der Waals surface area (Å²) in [5, 5.41) is 5.96. The van der Waals surface area contributed by atoms with E-state index in [0.29, 0.717) is 49.4 Å². The topological polar surface area (TPSA) is 127 Å². The van der Waals surface area contributed by atoms with Gasteiger partial charge in [0.15, 0.2) is 0 Å². The fourth-order valence-electron chi connectivity index (χ4n) is 4.80. The number of carbonyl (C=O) groups is 2. The minimum atomic E-state index is -0.318. The van der Waals surface area contributed by atoms with Crippen molar-refractivity contribution in [2.45, 2.75) is 25.9 Å². The predicted molar refractivity (Wildman–Crippen MR) is 158 cm³/mol. The van der Waals surface area contributed by atoms with Crippen LogP contribution in [0.3, 0.4) is 0 Å². The molecule has 5 rings (SSSR count). The third-order valence-corrected chi connectivity index (χ3v) is 7.04. The number of methoxy groups -OCH3 is 2. The summed E-state index contributed by atoms with van der Waals surface area (Å²) < 4.78 is 12.2. The van der Waals surface area contributed by atoms with Crippen LogP contribution in [0, 0.1) is 6.92 Å². The molecule has 2 aromatic carbocycles. The highest BCUT2D eigenvalue weighted by atomic mass is 16.5. The second kappa shape index (κ2) is 13.0. The minimum Gasteiger partial charge on any atom is -0.497 e. The van der Waals surface area contributed by atoms with Crippen LogP contribution >= 0.6 is 0 Å². The molecule has 0 spiro atoms. The van der Waals surface area contributed by atoms with Crippen molar-refractivity contribution >= 4 is 23.4 Å². The van der Waals surface area contributed by atoms with Gasteiger partial charge in [-0.2, -0.15) is 4.98 Å². The summed E-state index contributed by atoms with van der Waals surface area (Å²) >= 11 is 0. The molecule has 2 aromatic heterocycles. The quantitative estimate of drug-likeness (QED) is 0.314. The number of hydrogen-bond acceptors (Lipinski definition) is 8. The largest absolute Gasteiger partial charge is 0.497 e. The lowest BCUT2D eigenvalue weighted by Gasteiger charge is -2.42. The van der Waals surface area contributed by atoms with Crippen LogP contribution in [0.4, 0.5) is 16.3 Å². The molecule has 42 heavy (non-hydrogen) atoms. The zero-order valence-corrected chi connectivity index (χ0v) is 23.9. The van der Waals surface area contributed by atoms with Crippen LogP contribution in [0.5, 0.6) is 11.5 Å². The van der Waals surface area contributed by atoms with E-state index < -0.39 is 0 Å². The van der Waals surface area contributed by atoms with Crippen molar-refractivity contribution in [3.63, 3.8) is 0 Å².